The Bertz CT molecular complexity index is 812. The quantitative estimate of drug-likeness (QED) is 0.618. The fourth-order valence-electron chi connectivity index (χ4n) is 2.57. The predicted octanol–water partition coefficient (Wildman–Crippen LogP) is 0.430. The number of sulfone groups is 1. The van der Waals surface area contributed by atoms with Crippen molar-refractivity contribution in [3.63, 3.8) is 0 Å². The van der Waals surface area contributed by atoms with E-state index in [-0.39, 0.29) is 34.4 Å². The van der Waals surface area contributed by atoms with Crippen LogP contribution in [-0.4, -0.2) is 43.7 Å². The summed E-state index contributed by atoms with van der Waals surface area (Å²) >= 11 is 5.92. The van der Waals surface area contributed by atoms with Crippen LogP contribution in [0.4, 0.5) is 0 Å². The van der Waals surface area contributed by atoms with E-state index in [4.69, 9.17) is 11.6 Å². The molecule has 1 aromatic carbocycles. The molecule has 8 nitrogen and oxygen atoms in total. The first-order chi connectivity index (χ1) is 12.2. The van der Waals surface area contributed by atoms with E-state index < -0.39 is 33.6 Å². The van der Waals surface area contributed by atoms with Crippen LogP contribution in [0.5, 0.6) is 0 Å². The van der Waals surface area contributed by atoms with Gasteiger partial charge >= 0.3 is 0 Å². The molecule has 0 bridgehead atoms. The van der Waals surface area contributed by atoms with Crippen LogP contribution < -0.4 is 16.2 Å². The smallest absolute Gasteiger partial charge is 0.260 e. The van der Waals surface area contributed by atoms with E-state index in [9.17, 15) is 22.8 Å². The normalized spacial score (nSPS) is 19.4. The predicted molar refractivity (Wildman–Crippen MR) is 96.0 cm³/mol. The molecule has 10 heteroatoms. The van der Waals surface area contributed by atoms with Crippen molar-refractivity contribution < 1.29 is 22.8 Å². The highest BCUT2D eigenvalue weighted by atomic mass is 35.5. The van der Waals surface area contributed by atoms with Gasteiger partial charge in [0, 0.05) is 6.42 Å². The number of rotatable bonds is 5. The van der Waals surface area contributed by atoms with Crippen molar-refractivity contribution >= 4 is 39.2 Å². The molecule has 0 aromatic heterocycles. The lowest BCUT2D eigenvalue weighted by Crippen LogP contribution is -2.51. The van der Waals surface area contributed by atoms with Crippen LogP contribution in [0, 0.1) is 5.92 Å². The Hall–Kier alpha value is -2.13. The summed E-state index contributed by atoms with van der Waals surface area (Å²) in [5, 5.41) is 2.74. The maximum Gasteiger partial charge on any atom is 0.260 e. The molecule has 26 heavy (non-hydrogen) atoms. The fourth-order valence-corrected chi connectivity index (χ4v) is 4.65. The Balaban J connectivity index is 1.77. The summed E-state index contributed by atoms with van der Waals surface area (Å²) in [5.74, 6) is -1.78. The minimum Gasteiger partial charge on any atom is -0.340 e. The van der Waals surface area contributed by atoms with Gasteiger partial charge in [0.2, 0.25) is 5.91 Å². The summed E-state index contributed by atoms with van der Waals surface area (Å²) < 4.78 is 22.7. The molecule has 3 N–H and O–H groups in total. The third kappa shape index (κ3) is 5.70. The van der Waals surface area contributed by atoms with Gasteiger partial charge in [-0.3, -0.25) is 25.2 Å². The van der Waals surface area contributed by atoms with Crippen molar-refractivity contribution in [3.05, 3.63) is 34.9 Å². The van der Waals surface area contributed by atoms with Gasteiger partial charge in [0.1, 0.15) is 6.04 Å². The van der Waals surface area contributed by atoms with E-state index in [1.807, 2.05) is 0 Å². The number of amides is 3. The van der Waals surface area contributed by atoms with Crippen molar-refractivity contribution in [2.45, 2.75) is 25.8 Å². The van der Waals surface area contributed by atoms with Crippen LogP contribution in [0.15, 0.2) is 24.3 Å². The first-order valence-corrected chi connectivity index (χ1v) is 10.2. The molecule has 1 aliphatic rings. The van der Waals surface area contributed by atoms with E-state index >= 15 is 0 Å². The molecule has 0 unspecified atom stereocenters. The molecule has 2 rings (SSSR count). The standard InChI is InChI=1S/C16H20ClN3O5S/c1-10(18-16(23)12-4-2-3-5-13(12)17)15(22)20-19-14(21)8-11-6-7-26(24,25)9-11/h2-5,10-11H,6-9H2,1H3,(H,18,23)(H,19,21)(H,20,22)/t10-,11+/m0/s1. The minimum atomic E-state index is -3.05. The topological polar surface area (TPSA) is 121 Å². The van der Waals surface area contributed by atoms with Crippen molar-refractivity contribution in [2.24, 2.45) is 5.92 Å². The maximum atomic E-state index is 12.1. The Morgan fingerprint density at radius 1 is 1.23 bits per heavy atom. The highest BCUT2D eigenvalue weighted by molar-refractivity contribution is 7.91. The monoisotopic (exact) mass is 401 g/mol. The SMILES string of the molecule is C[C@H](NC(=O)c1ccccc1Cl)C(=O)NNC(=O)C[C@H]1CCS(=O)(=O)C1. The molecule has 142 valence electrons. The van der Waals surface area contributed by atoms with Gasteiger partial charge in [-0.15, -0.1) is 0 Å². The summed E-state index contributed by atoms with van der Waals surface area (Å²) in [6.07, 6.45) is 0.452. The van der Waals surface area contributed by atoms with Crippen molar-refractivity contribution in [1.29, 1.82) is 0 Å². The Labute approximate surface area is 156 Å². The third-order valence-corrected chi connectivity index (χ3v) is 6.15. The summed E-state index contributed by atoms with van der Waals surface area (Å²) in [7, 11) is -3.05. The molecule has 3 amide bonds. The molecular formula is C16H20ClN3O5S. The zero-order valence-corrected chi connectivity index (χ0v) is 15.7. The van der Waals surface area contributed by atoms with Crippen molar-refractivity contribution in [3.8, 4) is 0 Å². The number of hydrogen-bond donors (Lipinski definition) is 3. The number of carbonyl (C=O) groups excluding carboxylic acids is 3. The fraction of sp³-hybridized carbons (Fsp3) is 0.438. The second-order valence-corrected chi connectivity index (χ2v) is 8.82. The molecular weight excluding hydrogens is 382 g/mol. The lowest BCUT2D eigenvalue weighted by Gasteiger charge is -2.15. The number of nitrogens with one attached hydrogen (secondary N) is 3. The highest BCUT2D eigenvalue weighted by Crippen LogP contribution is 2.21. The number of benzene rings is 1. The Kier molecular flexibility index (Phi) is 6.60. The van der Waals surface area contributed by atoms with E-state index in [0.29, 0.717) is 6.42 Å². The molecule has 1 heterocycles. The summed E-state index contributed by atoms with van der Waals surface area (Å²) in [6.45, 7) is 1.46. The maximum absolute atomic E-state index is 12.1. The van der Waals surface area contributed by atoms with Crippen LogP contribution in [0.25, 0.3) is 0 Å². The van der Waals surface area contributed by atoms with E-state index in [0.717, 1.165) is 0 Å². The van der Waals surface area contributed by atoms with Crippen LogP contribution in [-0.2, 0) is 19.4 Å². The molecule has 0 aliphatic carbocycles. The van der Waals surface area contributed by atoms with Crippen molar-refractivity contribution in [1.82, 2.24) is 16.2 Å². The highest BCUT2D eigenvalue weighted by Gasteiger charge is 2.29. The van der Waals surface area contributed by atoms with E-state index in [2.05, 4.69) is 16.2 Å². The zero-order chi connectivity index (χ0) is 19.3. The number of carbonyl (C=O) groups is 3. The molecule has 1 fully saturated rings. The molecule has 1 aliphatic heterocycles. The summed E-state index contributed by atoms with van der Waals surface area (Å²) in [6, 6.07) is 5.51. The van der Waals surface area contributed by atoms with Gasteiger partial charge in [-0.05, 0) is 31.4 Å². The van der Waals surface area contributed by atoms with E-state index in [1.165, 1.54) is 13.0 Å². The zero-order valence-electron chi connectivity index (χ0n) is 14.1. The van der Waals surface area contributed by atoms with Crippen LogP contribution >= 0.6 is 11.6 Å². The lowest BCUT2D eigenvalue weighted by atomic mass is 10.1. The molecule has 0 saturated carbocycles. The largest absolute Gasteiger partial charge is 0.340 e. The van der Waals surface area contributed by atoms with Gasteiger partial charge in [0.05, 0.1) is 22.1 Å². The van der Waals surface area contributed by atoms with Gasteiger partial charge in [0.15, 0.2) is 9.84 Å². The average Bonchev–Trinajstić information content (AvgIpc) is 2.91. The molecule has 0 radical (unpaired) electrons. The lowest BCUT2D eigenvalue weighted by molar-refractivity contribution is -0.130. The first kappa shape index (κ1) is 20.2. The average molecular weight is 402 g/mol. The first-order valence-electron chi connectivity index (χ1n) is 8.02. The number of hydrazine groups is 1. The van der Waals surface area contributed by atoms with Gasteiger partial charge in [0.25, 0.3) is 11.8 Å². The van der Waals surface area contributed by atoms with Crippen LogP contribution in [0.2, 0.25) is 5.02 Å². The number of hydrogen-bond acceptors (Lipinski definition) is 5. The second kappa shape index (κ2) is 8.50. The van der Waals surface area contributed by atoms with Crippen LogP contribution in [0.1, 0.15) is 30.1 Å². The minimum absolute atomic E-state index is 0.0138. The van der Waals surface area contributed by atoms with Crippen molar-refractivity contribution in [2.75, 3.05) is 11.5 Å². The van der Waals surface area contributed by atoms with Crippen LogP contribution in [0.3, 0.4) is 0 Å². The van der Waals surface area contributed by atoms with E-state index in [1.54, 1.807) is 18.2 Å². The Morgan fingerprint density at radius 2 is 1.92 bits per heavy atom. The molecule has 0 spiro atoms. The van der Waals surface area contributed by atoms with Gasteiger partial charge in [-0.25, -0.2) is 8.42 Å². The molecule has 1 saturated heterocycles. The van der Waals surface area contributed by atoms with Gasteiger partial charge < -0.3 is 5.32 Å². The summed E-state index contributed by atoms with van der Waals surface area (Å²) in [5.41, 5.74) is 4.68. The number of halogens is 1. The third-order valence-electron chi connectivity index (χ3n) is 3.99. The van der Waals surface area contributed by atoms with Gasteiger partial charge in [-0.1, -0.05) is 23.7 Å². The second-order valence-electron chi connectivity index (χ2n) is 6.19. The Morgan fingerprint density at radius 3 is 2.54 bits per heavy atom. The molecule has 2 atom stereocenters. The summed E-state index contributed by atoms with van der Waals surface area (Å²) in [4.78, 5) is 35.9. The van der Waals surface area contributed by atoms with Gasteiger partial charge in [-0.2, -0.15) is 0 Å². The molecule has 1 aromatic rings.